The van der Waals surface area contributed by atoms with E-state index in [-0.39, 0.29) is 16.8 Å². The van der Waals surface area contributed by atoms with Crippen LogP contribution in [0.4, 0.5) is 0 Å². The molecule has 21 heavy (non-hydrogen) atoms. The van der Waals surface area contributed by atoms with Crippen LogP contribution in [-0.2, 0) is 10.0 Å². The molecule has 0 aliphatic carbocycles. The molecule has 0 aliphatic heterocycles. The average Bonchev–Trinajstić information content (AvgIpc) is 2.40. The minimum atomic E-state index is -3.87. The maximum atomic E-state index is 12.6. The number of nitrogens with zero attached hydrogens (tertiary/aromatic N) is 1. The number of primary sulfonamides is 1. The van der Waals surface area contributed by atoms with Crippen molar-refractivity contribution in [2.45, 2.75) is 45.1 Å². The van der Waals surface area contributed by atoms with Gasteiger partial charge in [0.15, 0.2) is 0 Å². The van der Waals surface area contributed by atoms with Gasteiger partial charge in [-0.25, -0.2) is 13.6 Å². The zero-order valence-electron chi connectivity index (χ0n) is 12.7. The Labute approximate surface area is 134 Å². The molecule has 0 fully saturated rings. The molecule has 1 amide bonds. The number of benzene rings is 1. The van der Waals surface area contributed by atoms with E-state index in [1.807, 2.05) is 20.8 Å². The zero-order chi connectivity index (χ0) is 16.4. The van der Waals surface area contributed by atoms with Gasteiger partial charge >= 0.3 is 0 Å². The zero-order valence-corrected chi connectivity index (χ0v) is 15.1. The Bertz CT molecular complexity index is 644. The smallest absolute Gasteiger partial charge is 0.254 e. The molecule has 1 aromatic carbocycles. The fraction of sp³-hybridized carbons (Fsp3) is 0.500. The molecule has 2 N–H and O–H groups in total. The van der Waals surface area contributed by atoms with E-state index < -0.39 is 10.0 Å². The van der Waals surface area contributed by atoms with Crippen LogP contribution in [0.3, 0.4) is 0 Å². The van der Waals surface area contributed by atoms with Crippen molar-refractivity contribution in [3.63, 3.8) is 0 Å². The van der Waals surface area contributed by atoms with E-state index in [0.717, 1.165) is 6.42 Å². The molecular weight excluding hydrogens is 356 g/mol. The number of carbonyl (C=O) groups excluding carboxylic acids is 1. The molecule has 0 spiro atoms. The maximum absolute atomic E-state index is 12.6. The lowest BCUT2D eigenvalue weighted by molar-refractivity contribution is 0.0699. The third-order valence-electron chi connectivity index (χ3n) is 3.57. The fourth-order valence-corrected chi connectivity index (χ4v) is 3.53. The van der Waals surface area contributed by atoms with Gasteiger partial charge < -0.3 is 4.90 Å². The van der Waals surface area contributed by atoms with Crippen LogP contribution < -0.4 is 5.14 Å². The largest absolute Gasteiger partial charge is 0.336 e. The van der Waals surface area contributed by atoms with Gasteiger partial charge in [0.05, 0.1) is 4.90 Å². The molecule has 0 saturated carbocycles. The third kappa shape index (κ3) is 4.05. The van der Waals surface area contributed by atoms with E-state index in [1.54, 1.807) is 17.9 Å². The first-order valence-electron chi connectivity index (χ1n) is 6.77. The van der Waals surface area contributed by atoms with Gasteiger partial charge in [0.25, 0.3) is 5.91 Å². The Hall–Kier alpha value is -0.920. The van der Waals surface area contributed by atoms with Gasteiger partial charge in [-0.1, -0.05) is 22.9 Å². The molecule has 1 aromatic rings. The van der Waals surface area contributed by atoms with Crippen LogP contribution in [0.2, 0.25) is 0 Å². The lowest BCUT2D eigenvalue weighted by Crippen LogP contribution is -2.38. The van der Waals surface area contributed by atoms with Gasteiger partial charge in [-0.15, -0.1) is 0 Å². The number of halogens is 1. The number of rotatable bonds is 5. The predicted octanol–water partition coefficient (Wildman–Crippen LogP) is 2.67. The molecule has 0 bridgehead atoms. The number of hydrogen-bond acceptors (Lipinski definition) is 3. The summed E-state index contributed by atoms with van der Waals surface area (Å²) in [5, 5.41) is 5.22. The molecule has 0 aliphatic rings. The number of sulfonamides is 1. The molecule has 0 saturated heterocycles. The Morgan fingerprint density at radius 3 is 2.38 bits per heavy atom. The highest BCUT2D eigenvalue weighted by atomic mass is 79.9. The first kappa shape index (κ1) is 18.1. The second kappa shape index (κ2) is 6.89. The van der Waals surface area contributed by atoms with Gasteiger partial charge in [-0.2, -0.15) is 0 Å². The minimum Gasteiger partial charge on any atom is -0.336 e. The Kier molecular flexibility index (Phi) is 5.95. The molecular formula is C14H21BrN2O3S. The lowest BCUT2D eigenvalue weighted by Gasteiger charge is -2.27. The van der Waals surface area contributed by atoms with Crippen molar-refractivity contribution in [1.82, 2.24) is 4.90 Å². The highest BCUT2D eigenvalue weighted by Gasteiger charge is 2.23. The summed E-state index contributed by atoms with van der Waals surface area (Å²) < 4.78 is 23.8. The second-order valence-corrected chi connectivity index (χ2v) is 7.36. The third-order valence-corrected chi connectivity index (χ3v) is 5.44. The van der Waals surface area contributed by atoms with Crippen LogP contribution in [0.5, 0.6) is 0 Å². The molecule has 1 rings (SSSR count). The molecule has 0 radical (unpaired) electrons. The summed E-state index contributed by atoms with van der Waals surface area (Å²) in [4.78, 5) is 14.3. The first-order valence-corrected chi connectivity index (χ1v) is 9.11. The molecule has 0 heterocycles. The maximum Gasteiger partial charge on any atom is 0.254 e. The number of carbonyl (C=O) groups is 1. The van der Waals surface area contributed by atoms with Gasteiger partial charge in [0, 0.05) is 22.6 Å². The van der Waals surface area contributed by atoms with Crippen LogP contribution in [-0.4, -0.2) is 31.8 Å². The van der Waals surface area contributed by atoms with E-state index in [4.69, 9.17) is 5.14 Å². The van der Waals surface area contributed by atoms with Crippen LogP contribution in [0.25, 0.3) is 0 Å². The fourth-order valence-electron chi connectivity index (χ4n) is 2.11. The van der Waals surface area contributed by atoms with Crippen molar-refractivity contribution in [3.05, 3.63) is 27.7 Å². The van der Waals surface area contributed by atoms with Crippen molar-refractivity contribution < 1.29 is 13.2 Å². The first-order chi connectivity index (χ1) is 9.63. The Balaban J connectivity index is 3.38. The van der Waals surface area contributed by atoms with Crippen LogP contribution >= 0.6 is 15.9 Å². The van der Waals surface area contributed by atoms with Crippen molar-refractivity contribution in [1.29, 1.82) is 0 Å². The van der Waals surface area contributed by atoms with Crippen LogP contribution in [0.15, 0.2) is 21.5 Å². The molecule has 5 nitrogen and oxygen atoms in total. The van der Waals surface area contributed by atoms with Gasteiger partial charge in [0.2, 0.25) is 10.0 Å². The van der Waals surface area contributed by atoms with E-state index in [2.05, 4.69) is 15.9 Å². The normalized spacial score (nSPS) is 13.0. The molecule has 1 unspecified atom stereocenters. The van der Waals surface area contributed by atoms with Crippen molar-refractivity contribution >= 4 is 31.9 Å². The van der Waals surface area contributed by atoms with Crippen LogP contribution in [0.1, 0.15) is 43.1 Å². The van der Waals surface area contributed by atoms with Crippen molar-refractivity contribution in [2.24, 2.45) is 5.14 Å². The Morgan fingerprint density at radius 2 is 1.95 bits per heavy atom. The monoisotopic (exact) mass is 376 g/mol. The number of hydrogen-bond donors (Lipinski definition) is 1. The standard InChI is InChI=1S/C14H21BrN2O3S/c1-5-9(3)17(6-2)14(18)11-7-12(15)10(4)13(8-11)21(16,19)20/h7-9H,5-6H2,1-4H3,(H2,16,19,20). The summed E-state index contributed by atoms with van der Waals surface area (Å²) in [7, 11) is -3.87. The van der Waals surface area contributed by atoms with E-state index in [1.165, 1.54) is 6.07 Å². The number of amides is 1. The Morgan fingerprint density at radius 1 is 1.38 bits per heavy atom. The quantitative estimate of drug-likeness (QED) is 0.857. The SMILES string of the molecule is CCC(C)N(CC)C(=O)c1cc(Br)c(C)c(S(N)(=O)=O)c1. The summed E-state index contributed by atoms with van der Waals surface area (Å²) in [5.41, 5.74) is 0.819. The highest BCUT2D eigenvalue weighted by Crippen LogP contribution is 2.26. The topological polar surface area (TPSA) is 80.5 Å². The summed E-state index contributed by atoms with van der Waals surface area (Å²) in [5.74, 6) is -0.197. The molecule has 118 valence electrons. The summed E-state index contributed by atoms with van der Waals surface area (Å²) in [6.07, 6.45) is 0.828. The van der Waals surface area contributed by atoms with Gasteiger partial charge in [0.1, 0.15) is 0 Å². The predicted molar refractivity (Wildman–Crippen MR) is 86.7 cm³/mol. The highest BCUT2D eigenvalue weighted by molar-refractivity contribution is 9.10. The molecule has 7 heteroatoms. The van der Waals surface area contributed by atoms with Crippen molar-refractivity contribution in [2.75, 3.05) is 6.54 Å². The minimum absolute atomic E-state index is 0.0274. The number of nitrogens with two attached hydrogens (primary N) is 1. The molecule has 0 aromatic heterocycles. The van der Waals surface area contributed by atoms with E-state index >= 15 is 0 Å². The average molecular weight is 377 g/mol. The van der Waals surface area contributed by atoms with E-state index in [0.29, 0.717) is 22.1 Å². The lowest BCUT2D eigenvalue weighted by atomic mass is 10.1. The molecule has 1 atom stereocenters. The summed E-state index contributed by atoms with van der Waals surface area (Å²) >= 11 is 3.29. The van der Waals surface area contributed by atoms with E-state index in [9.17, 15) is 13.2 Å². The van der Waals surface area contributed by atoms with Crippen LogP contribution in [0, 0.1) is 6.92 Å². The van der Waals surface area contributed by atoms with Gasteiger partial charge in [-0.3, -0.25) is 4.79 Å². The second-order valence-electron chi connectivity index (χ2n) is 4.97. The summed E-state index contributed by atoms with van der Waals surface area (Å²) in [6.45, 7) is 8.06. The van der Waals surface area contributed by atoms with Gasteiger partial charge in [-0.05, 0) is 44.9 Å². The summed E-state index contributed by atoms with van der Waals surface area (Å²) in [6, 6.07) is 3.07. The van der Waals surface area contributed by atoms with Crippen molar-refractivity contribution in [3.8, 4) is 0 Å².